The average molecular weight is 311 g/mol. The van der Waals surface area contributed by atoms with Crippen molar-refractivity contribution < 1.29 is 4.79 Å². The van der Waals surface area contributed by atoms with E-state index in [1.165, 1.54) is 11.3 Å². The molecule has 0 fully saturated rings. The molecule has 2 rings (SSSR count). The van der Waals surface area contributed by atoms with Crippen molar-refractivity contribution in [3.05, 3.63) is 39.2 Å². The number of nitrogens with one attached hydrogen (secondary N) is 2. The predicted octanol–water partition coefficient (Wildman–Crippen LogP) is 2.60. The van der Waals surface area contributed by atoms with Gasteiger partial charge in [0, 0.05) is 18.0 Å². The van der Waals surface area contributed by atoms with Crippen molar-refractivity contribution in [1.82, 2.24) is 15.5 Å². The predicted molar refractivity (Wildman–Crippen MR) is 81.6 cm³/mol. The maximum atomic E-state index is 11.9. The maximum absolute atomic E-state index is 11.9. The van der Waals surface area contributed by atoms with Crippen molar-refractivity contribution in [2.75, 3.05) is 18.4 Å². The molecule has 0 atom stereocenters. The van der Waals surface area contributed by atoms with E-state index in [0.717, 1.165) is 22.2 Å². The van der Waals surface area contributed by atoms with Gasteiger partial charge in [-0.25, -0.2) is 0 Å². The van der Waals surface area contributed by atoms with Crippen LogP contribution >= 0.6 is 22.9 Å². The first-order valence-corrected chi connectivity index (χ1v) is 7.48. The van der Waals surface area contributed by atoms with Gasteiger partial charge in [0.15, 0.2) is 5.69 Å². The van der Waals surface area contributed by atoms with Crippen molar-refractivity contribution in [3.63, 3.8) is 0 Å². The van der Waals surface area contributed by atoms with E-state index in [2.05, 4.69) is 20.8 Å². The zero-order valence-electron chi connectivity index (χ0n) is 11.0. The molecule has 106 valence electrons. The minimum absolute atomic E-state index is 0.219. The Morgan fingerprint density at radius 1 is 1.30 bits per heavy atom. The Bertz CT molecular complexity index is 570. The lowest BCUT2D eigenvalue weighted by molar-refractivity contribution is 0.0948. The van der Waals surface area contributed by atoms with Crippen LogP contribution in [0.4, 0.5) is 5.82 Å². The molecule has 0 unspecified atom stereocenters. The van der Waals surface area contributed by atoms with Crippen molar-refractivity contribution in [3.8, 4) is 0 Å². The van der Waals surface area contributed by atoms with Crippen LogP contribution in [-0.2, 0) is 6.42 Å². The number of carbonyl (C=O) groups excluding carboxylic acids is 1. The zero-order chi connectivity index (χ0) is 14.4. The lowest BCUT2D eigenvalue weighted by Crippen LogP contribution is -2.26. The second-order valence-electron chi connectivity index (χ2n) is 4.05. The van der Waals surface area contributed by atoms with Crippen LogP contribution in [0.25, 0.3) is 0 Å². The Morgan fingerprint density at radius 2 is 2.15 bits per heavy atom. The molecule has 2 N–H and O–H groups in total. The zero-order valence-corrected chi connectivity index (χ0v) is 12.6. The third kappa shape index (κ3) is 4.18. The van der Waals surface area contributed by atoms with Gasteiger partial charge < -0.3 is 10.6 Å². The fourth-order valence-corrected chi connectivity index (χ4v) is 2.69. The molecule has 0 aliphatic rings. The number of amides is 1. The minimum Gasteiger partial charge on any atom is -0.369 e. The first-order chi connectivity index (χ1) is 9.69. The molecule has 1 amide bonds. The third-order valence-electron chi connectivity index (χ3n) is 2.54. The smallest absolute Gasteiger partial charge is 0.271 e. The van der Waals surface area contributed by atoms with E-state index in [4.69, 9.17) is 11.6 Å². The van der Waals surface area contributed by atoms with Crippen molar-refractivity contribution in [1.29, 1.82) is 0 Å². The minimum atomic E-state index is -0.219. The van der Waals surface area contributed by atoms with Crippen LogP contribution in [0.1, 0.15) is 22.3 Å². The van der Waals surface area contributed by atoms with Gasteiger partial charge in [0.05, 0.1) is 4.34 Å². The van der Waals surface area contributed by atoms with Crippen LogP contribution in [0.5, 0.6) is 0 Å². The van der Waals surface area contributed by atoms with Gasteiger partial charge in [-0.05, 0) is 37.6 Å². The summed E-state index contributed by atoms with van der Waals surface area (Å²) in [5.74, 6) is 0.445. The number of thiophene rings is 1. The van der Waals surface area contributed by atoms with Crippen LogP contribution in [0.3, 0.4) is 0 Å². The normalized spacial score (nSPS) is 10.3. The number of nitrogens with zero attached hydrogens (tertiary/aromatic N) is 2. The molecule has 0 aliphatic heterocycles. The third-order valence-corrected chi connectivity index (χ3v) is 3.83. The van der Waals surface area contributed by atoms with Gasteiger partial charge in [-0.2, -0.15) is 0 Å². The molecule has 7 heteroatoms. The highest BCUT2D eigenvalue weighted by atomic mass is 35.5. The Balaban J connectivity index is 1.82. The number of aromatic nitrogens is 2. The molecule has 0 aliphatic carbocycles. The number of hydrogen-bond acceptors (Lipinski definition) is 5. The topological polar surface area (TPSA) is 66.9 Å². The number of rotatable bonds is 6. The Hall–Kier alpha value is -1.66. The Morgan fingerprint density at radius 3 is 2.75 bits per heavy atom. The number of carbonyl (C=O) groups is 1. The van der Waals surface area contributed by atoms with Gasteiger partial charge in [-0.15, -0.1) is 21.5 Å². The quantitative estimate of drug-likeness (QED) is 0.860. The molecular weight excluding hydrogens is 296 g/mol. The van der Waals surface area contributed by atoms with Crippen LogP contribution in [-0.4, -0.2) is 29.2 Å². The summed E-state index contributed by atoms with van der Waals surface area (Å²) < 4.78 is 0.760. The van der Waals surface area contributed by atoms with Crippen LogP contribution < -0.4 is 10.6 Å². The summed E-state index contributed by atoms with van der Waals surface area (Å²) in [6.07, 6.45) is 0.756. The standard InChI is InChI=1S/C13H15ClN4OS/c1-2-15-12-6-4-10(17-18-12)13(19)16-8-7-9-3-5-11(14)20-9/h3-6H,2,7-8H2,1H3,(H,15,18)(H,16,19). The molecule has 5 nitrogen and oxygen atoms in total. The summed E-state index contributed by atoms with van der Waals surface area (Å²) in [6.45, 7) is 3.29. The summed E-state index contributed by atoms with van der Waals surface area (Å²) in [5.41, 5.74) is 0.316. The highest BCUT2D eigenvalue weighted by molar-refractivity contribution is 7.16. The molecule has 0 bridgehead atoms. The summed E-state index contributed by atoms with van der Waals surface area (Å²) in [5, 5.41) is 13.6. The van der Waals surface area contributed by atoms with Gasteiger partial charge in [0.25, 0.3) is 5.91 Å². The molecule has 20 heavy (non-hydrogen) atoms. The summed E-state index contributed by atoms with van der Waals surface area (Å²) in [6, 6.07) is 7.21. The highest BCUT2D eigenvalue weighted by Crippen LogP contribution is 2.21. The highest BCUT2D eigenvalue weighted by Gasteiger charge is 2.07. The molecular formula is C13H15ClN4OS. The molecule has 0 spiro atoms. The lowest BCUT2D eigenvalue weighted by atomic mass is 10.3. The molecule has 2 aromatic heterocycles. The summed E-state index contributed by atoms with van der Waals surface area (Å²) in [4.78, 5) is 13.0. The molecule has 0 aromatic carbocycles. The lowest BCUT2D eigenvalue weighted by Gasteiger charge is -2.04. The number of halogens is 1. The van der Waals surface area contributed by atoms with E-state index < -0.39 is 0 Å². The number of anilines is 1. The van der Waals surface area contributed by atoms with Crippen molar-refractivity contribution in [2.24, 2.45) is 0 Å². The second kappa shape index (κ2) is 7.21. The van der Waals surface area contributed by atoms with Gasteiger partial charge in [-0.3, -0.25) is 4.79 Å². The first kappa shape index (κ1) is 14.7. The number of hydrogen-bond donors (Lipinski definition) is 2. The Labute approximate surface area is 126 Å². The van der Waals surface area contributed by atoms with E-state index in [1.54, 1.807) is 12.1 Å². The van der Waals surface area contributed by atoms with Crippen molar-refractivity contribution >= 4 is 34.7 Å². The molecule has 2 heterocycles. The SMILES string of the molecule is CCNc1ccc(C(=O)NCCc2ccc(Cl)s2)nn1. The van der Waals surface area contributed by atoms with Gasteiger partial charge in [0.2, 0.25) is 0 Å². The first-order valence-electron chi connectivity index (χ1n) is 6.29. The summed E-state index contributed by atoms with van der Waals surface area (Å²) >= 11 is 7.37. The molecule has 0 radical (unpaired) electrons. The second-order valence-corrected chi connectivity index (χ2v) is 5.85. The van der Waals surface area contributed by atoms with Gasteiger partial charge in [0.1, 0.15) is 5.82 Å². The van der Waals surface area contributed by atoms with E-state index in [-0.39, 0.29) is 5.91 Å². The fourth-order valence-electron chi connectivity index (χ4n) is 1.60. The average Bonchev–Trinajstić information content (AvgIpc) is 2.85. The van der Waals surface area contributed by atoms with Gasteiger partial charge in [-0.1, -0.05) is 11.6 Å². The summed E-state index contributed by atoms with van der Waals surface area (Å²) in [7, 11) is 0. The van der Waals surface area contributed by atoms with Crippen molar-refractivity contribution in [2.45, 2.75) is 13.3 Å². The van der Waals surface area contributed by atoms with E-state index in [0.29, 0.717) is 18.1 Å². The Kier molecular flexibility index (Phi) is 5.31. The largest absolute Gasteiger partial charge is 0.369 e. The fraction of sp³-hybridized carbons (Fsp3) is 0.308. The van der Waals surface area contributed by atoms with E-state index >= 15 is 0 Å². The molecule has 2 aromatic rings. The van der Waals surface area contributed by atoms with Crippen LogP contribution in [0.15, 0.2) is 24.3 Å². The van der Waals surface area contributed by atoms with Crippen LogP contribution in [0.2, 0.25) is 4.34 Å². The van der Waals surface area contributed by atoms with E-state index in [1.807, 2.05) is 19.1 Å². The van der Waals surface area contributed by atoms with Gasteiger partial charge >= 0.3 is 0 Å². The van der Waals surface area contributed by atoms with E-state index in [9.17, 15) is 4.79 Å². The van der Waals surface area contributed by atoms with Crippen LogP contribution in [0, 0.1) is 0 Å². The molecule has 0 saturated heterocycles. The molecule has 0 saturated carbocycles. The monoisotopic (exact) mass is 310 g/mol. The maximum Gasteiger partial charge on any atom is 0.271 e.